The second-order valence-corrected chi connectivity index (χ2v) is 5.19. The summed E-state index contributed by atoms with van der Waals surface area (Å²) in [7, 11) is 0. The highest BCUT2D eigenvalue weighted by Crippen LogP contribution is 2.07. The summed E-state index contributed by atoms with van der Waals surface area (Å²) < 4.78 is 0. The number of hydrogen-bond donors (Lipinski definition) is 2. The molecule has 0 aliphatic rings. The van der Waals surface area contributed by atoms with Crippen molar-refractivity contribution in [2.24, 2.45) is 0 Å². The molecule has 0 spiro atoms. The molecule has 0 aromatic heterocycles. The van der Waals surface area contributed by atoms with Crippen molar-refractivity contribution in [3.05, 3.63) is 35.4 Å². The number of aliphatic carboxylic acids is 1. The van der Waals surface area contributed by atoms with Crippen LogP contribution in [0.3, 0.4) is 0 Å². The standard InChI is InChI=1S/C14H19NO3S/c1-3-10-5-4-6-11(9-10)13(16)15-12(14(17)18)7-8-19-2/h4-6,9,12H,3,7-8H2,1-2H3,(H,15,16)(H,17,18)/t12-/m0/s1. The maximum absolute atomic E-state index is 12.0. The third-order valence-corrected chi connectivity index (χ3v) is 3.46. The molecule has 19 heavy (non-hydrogen) atoms. The average Bonchev–Trinajstić information content (AvgIpc) is 2.42. The first-order valence-corrected chi connectivity index (χ1v) is 7.59. The lowest BCUT2D eigenvalue weighted by atomic mass is 10.1. The van der Waals surface area contributed by atoms with E-state index in [1.807, 2.05) is 25.3 Å². The smallest absolute Gasteiger partial charge is 0.326 e. The van der Waals surface area contributed by atoms with Crippen molar-refractivity contribution in [3.8, 4) is 0 Å². The number of aryl methyl sites for hydroxylation is 1. The number of nitrogens with one attached hydrogen (secondary N) is 1. The lowest BCUT2D eigenvalue weighted by molar-refractivity contribution is -0.139. The minimum Gasteiger partial charge on any atom is -0.480 e. The zero-order chi connectivity index (χ0) is 14.3. The van der Waals surface area contributed by atoms with Crippen LogP contribution in [0.1, 0.15) is 29.3 Å². The highest BCUT2D eigenvalue weighted by atomic mass is 32.2. The van der Waals surface area contributed by atoms with Crippen LogP contribution in [-0.2, 0) is 11.2 Å². The summed E-state index contributed by atoms with van der Waals surface area (Å²) in [5.74, 6) is -0.621. The fourth-order valence-electron chi connectivity index (χ4n) is 1.67. The van der Waals surface area contributed by atoms with E-state index in [1.54, 1.807) is 23.9 Å². The fourth-order valence-corrected chi connectivity index (χ4v) is 2.14. The monoisotopic (exact) mass is 281 g/mol. The van der Waals surface area contributed by atoms with Crippen LogP contribution in [-0.4, -0.2) is 35.0 Å². The Kier molecular flexibility index (Phi) is 6.42. The highest BCUT2D eigenvalue weighted by Gasteiger charge is 2.20. The Balaban J connectivity index is 2.72. The predicted molar refractivity (Wildman–Crippen MR) is 77.7 cm³/mol. The van der Waals surface area contributed by atoms with E-state index in [2.05, 4.69) is 5.32 Å². The van der Waals surface area contributed by atoms with Gasteiger partial charge in [0, 0.05) is 5.56 Å². The van der Waals surface area contributed by atoms with Gasteiger partial charge in [-0.05, 0) is 42.5 Å². The number of carbonyl (C=O) groups is 2. The molecule has 0 aliphatic heterocycles. The quantitative estimate of drug-likeness (QED) is 0.804. The maximum atomic E-state index is 12.0. The minimum absolute atomic E-state index is 0.330. The van der Waals surface area contributed by atoms with E-state index >= 15 is 0 Å². The molecule has 2 N–H and O–H groups in total. The van der Waals surface area contributed by atoms with Crippen molar-refractivity contribution in [2.45, 2.75) is 25.8 Å². The van der Waals surface area contributed by atoms with Crippen molar-refractivity contribution in [3.63, 3.8) is 0 Å². The fraction of sp³-hybridized carbons (Fsp3) is 0.429. The highest BCUT2D eigenvalue weighted by molar-refractivity contribution is 7.98. The van der Waals surface area contributed by atoms with Crippen LogP contribution in [0.2, 0.25) is 0 Å². The van der Waals surface area contributed by atoms with Crippen molar-refractivity contribution < 1.29 is 14.7 Å². The molecule has 0 saturated carbocycles. The molecule has 1 aromatic carbocycles. The van der Waals surface area contributed by atoms with Crippen LogP contribution in [0.5, 0.6) is 0 Å². The molecule has 0 radical (unpaired) electrons. The van der Waals surface area contributed by atoms with Gasteiger partial charge in [0.05, 0.1) is 0 Å². The van der Waals surface area contributed by atoms with E-state index in [9.17, 15) is 9.59 Å². The van der Waals surface area contributed by atoms with E-state index in [1.165, 1.54) is 0 Å². The number of carbonyl (C=O) groups excluding carboxylic acids is 1. The zero-order valence-electron chi connectivity index (χ0n) is 11.2. The van der Waals surface area contributed by atoms with E-state index in [-0.39, 0.29) is 5.91 Å². The predicted octanol–water partition coefficient (Wildman–Crippen LogP) is 2.19. The number of carboxylic acids is 1. The molecular weight excluding hydrogens is 262 g/mol. The lowest BCUT2D eigenvalue weighted by Gasteiger charge is -2.14. The molecule has 0 aliphatic carbocycles. The van der Waals surface area contributed by atoms with Gasteiger partial charge in [0.25, 0.3) is 5.91 Å². The minimum atomic E-state index is -0.992. The van der Waals surface area contributed by atoms with Gasteiger partial charge >= 0.3 is 5.97 Å². The SMILES string of the molecule is CCc1cccc(C(=O)N[C@@H](CCSC)C(=O)O)c1. The molecule has 1 aromatic rings. The van der Waals surface area contributed by atoms with Crippen LogP contribution >= 0.6 is 11.8 Å². The molecular formula is C14H19NO3S. The van der Waals surface area contributed by atoms with Crippen LogP contribution in [0.15, 0.2) is 24.3 Å². The van der Waals surface area contributed by atoms with Gasteiger partial charge in [0.2, 0.25) is 0 Å². The topological polar surface area (TPSA) is 66.4 Å². The van der Waals surface area contributed by atoms with Crippen molar-refractivity contribution in [1.82, 2.24) is 5.32 Å². The Morgan fingerprint density at radius 3 is 2.74 bits per heavy atom. The molecule has 4 nitrogen and oxygen atoms in total. The number of hydrogen-bond acceptors (Lipinski definition) is 3. The first kappa shape index (κ1) is 15.6. The number of carboxylic acid groups (broad SMARTS) is 1. The number of thioether (sulfide) groups is 1. The molecule has 5 heteroatoms. The second-order valence-electron chi connectivity index (χ2n) is 4.20. The molecule has 1 amide bonds. The first-order valence-electron chi connectivity index (χ1n) is 6.20. The summed E-state index contributed by atoms with van der Waals surface area (Å²) in [4.78, 5) is 23.1. The normalized spacial score (nSPS) is 11.9. The third-order valence-electron chi connectivity index (χ3n) is 2.81. The van der Waals surface area contributed by atoms with Crippen LogP contribution in [0.25, 0.3) is 0 Å². The Hall–Kier alpha value is -1.49. The number of benzene rings is 1. The number of rotatable bonds is 7. The van der Waals surface area contributed by atoms with Crippen molar-refractivity contribution >= 4 is 23.6 Å². The summed E-state index contributed by atoms with van der Waals surface area (Å²) in [6, 6.07) is 6.42. The molecule has 0 heterocycles. The van der Waals surface area contributed by atoms with E-state index in [0.717, 1.165) is 12.0 Å². The lowest BCUT2D eigenvalue weighted by Crippen LogP contribution is -2.41. The van der Waals surface area contributed by atoms with Crippen molar-refractivity contribution in [2.75, 3.05) is 12.0 Å². The zero-order valence-corrected chi connectivity index (χ0v) is 12.0. The summed E-state index contributed by atoms with van der Waals surface area (Å²) in [6.45, 7) is 2.01. The maximum Gasteiger partial charge on any atom is 0.326 e. The summed E-state index contributed by atoms with van der Waals surface area (Å²) >= 11 is 1.56. The summed E-state index contributed by atoms with van der Waals surface area (Å²) in [6.07, 6.45) is 3.18. The molecule has 0 bridgehead atoms. The Morgan fingerprint density at radius 2 is 2.16 bits per heavy atom. The van der Waals surface area contributed by atoms with E-state index in [4.69, 9.17) is 5.11 Å². The third kappa shape index (κ3) is 4.95. The van der Waals surface area contributed by atoms with Crippen LogP contribution in [0, 0.1) is 0 Å². The Labute approximate surface area is 117 Å². The van der Waals surface area contributed by atoms with Crippen LogP contribution in [0.4, 0.5) is 0 Å². The second kappa shape index (κ2) is 7.84. The van der Waals surface area contributed by atoms with E-state index < -0.39 is 12.0 Å². The first-order chi connectivity index (χ1) is 9.08. The molecule has 0 unspecified atom stereocenters. The van der Waals surface area contributed by atoms with Gasteiger partial charge in [-0.3, -0.25) is 4.79 Å². The summed E-state index contributed by atoms with van der Waals surface area (Å²) in [5.41, 5.74) is 1.57. The Bertz CT molecular complexity index is 448. The van der Waals surface area contributed by atoms with Gasteiger partial charge in [-0.15, -0.1) is 0 Å². The average molecular weight is 281 g/mol. The van der Waals surface area contributed by atoms with Gasteiger partial charge in [0.15, 0.2) is 0 Å². The van der Waals surface area contributed by atoms with Gasteiger partial charge in [-0.2, -0.15) is 11.8 Å². The Morgan fingerprint density at radius 1 is 1.42 bits per heavy atom. The molecule has 104 valence electrons. The number of amides is 1. The molecule has 1 rings (SSSR count). The molecule has 1 atom stereocenters. The largest absolute Gasteiger partial charge is 0.480 e. The summed E-state index contributed by atoms with van der Waals surface area (Å²) in [5, 5.41) is 11.6. The molecule has 0 saturated heterocycles. The van der Waals surface area contributed by atoms with Gasteiger partial charge in [-0.1, -0.05) is 19.1 Å². The van der Waals surface area contributed by atoms with Crippen LogP contribution < -0.4 is 5.32 Å². The molecule has 0 fully saturated rings. The van der Waals surface area contributed by atoms with Gasteiger partial charge in [0.1, 0.15) is 6.04 Å². The van der Waals surface area contributed by atoms with Crippen molar-refractivity contribution in [1.29, 1.82) is 0 Å². The van der Waals surface area contributed by atoms with Gasteiger partial charge in [-0.25, -0.2) is 4.79 Å². The van der Waals surface area contributed by atoms with Gasteiger partial charge < -0.3 is 10.4 Å². The van der Waals surface area contributed by atoms with E-state index in [0.29, 0.717) is 17.7 Å².